The van der Waals surface area contributed by atoms with Crippen molar-refractivity contribution in [3.63, 3.8) is 0 Å². The minimum Gasteiger partial charge on any atom is -0.454 e. The molecule has 7 nitrogen and oxygen atoms in total. The molecule has 3 aliphatic carbocycles. The molecule has 1 saturated heterocycles. The summed E-state index contributed by atoms with van der Waals surface area (Å²) in [6, 6.07) is 20.6. The van der Waals surface area contributed by atoms with Gasteiger partial charge in [-0.1, -0.05) is 80.1 Å². The number of likely N-dealkylation sites (tertiary alicyclic amines) is 1. The highest BCUT2D eigenvalue weighted by molar-refractivity contribution is 6.10. The maximum absolute atomic E-state index is 14.1. The summed E-state index contributed by atoms with van der Waals surface area (Å²) in [7, 11) is 0. The fraction of sp³-hybridized carbons (Fsp3) is 0.333. The molecule has 0 saturated carbocycles. The predicted octanol–water partition coefficient (Wildman–Crippen LogP) is 4.70. The molecule has 1 fully saturated rings. The second-order valence-electron chi connectivity index (χ2n) is 11.5. The van der Waals surface area contributed by atoms with Crippen LogP contribution in [-0.4, -0.2) is 41.2 Å². The zero-order valence-corrected chi connectivity index (χ0v) is 23.0. The van der Waals surface area contributed by atoms with E-state index in [0.717, 1.165) is 38.3 Å². The number of nitrogens with zero attached hydrogens (tertiary/aromatic N) is 1. The number of hydrogen-bond acceptors (Lipinski definition) is 5. The van der Waals surface area contributed by atoms with E-state index >= 15 is 0 Å². The number of ether oxygens (including phenoxy) is 1. The lowest BCUT2D eigenvalue weighted by atomic mass is 9.55. The predicted molar refractivity (Wildman–Crippen MR) is 150 cm³/mol. The SMILES string of the molecule is Cc1ccc(NC(=O)COC(=O)[C@H](C(C)C)N2C(=O)[C@@H]3C4c5ccccc5C(c5ccccc54)[C@@H]3C2=O)c(C)c1. The van der Waals surface area contributed by atoms with Crippen LogP contribution in [0.25, 0.3) is 0 Å². The zero-order valence-electron chi connectivity index (χ0n) is 23.0. The Morgan fingerprint density at radius 2 is 1.32 bits per heavy atom. The number of benzene rings is 3. The van der Waals surface area contributed by atoms with E-state index in [1.165, 1.54) is 0 Å². The average Bonchev–Trinajstić information content (AvgIpc) is 3.19. The number of esters is 1. The van der Waals surface area contributed by atoms with Crippen LogP contribution in [-0.2, 0) is 23.9 Å². The molecule has 3 amide bonds. The highest BCUT2D eigenvalue weighted by Crippen LogP contribution is 2.61. The standard InChI is InChI=1S/C33H32N2O5/c1-17(2)30(33(39)40-16-25(36)34-24-14-13-18(3)15-19(24)4)35-31(37)28-26-20-9-5-6-10-21(20)27(29(28)32(35)38)23-12-8-7-11-22(23)26/h5-15,17,26-30H,16H2,1-4H3,(H,34,36)/t26?,27?,28-,29+,30-/m0/s1. The molecular weight excluding hydrogens is 504 g/mol. The van der Waals surface area contributed by atoms with E-state index in [4.69, 9.17) is 4.74 Å². The molecule has 1 heterocycles. The lowest BCUT2D eigenvalue weighted by molar-refractivity contribution is -0.162. The molecule has 3 atom stereocenters. The second kappa shape index (κ2) is 9.73. The molecule has 2 bridgehead atoms. The first-order valence-corrected chi connectivity index (χ1v) is 13.8. The van der Waals surface area contributed by atoms with Crippen molar-refractivity contribution in [3.8, 4) is 0 Å². The Hall–Kier alpha value is -4.26. The number of carbonyl (C=O) groups is 4. The molecule has 204 valence electrons. The highest BCUT2D eigenvalue weighted by Gasteiger charge is 2.63. The van der Waals surface area contributed by atoms with E-state index in [2.05, 4.69) is 5.32 Å². The molecular formula is C33H32N2O5. The van der Waals surface area contributed by atoms with Crippen LogP contribution in [0.5, 0.6) is 0 Å². The summed E-state index contributed by atoms with van der Waals surface area (Å²) >= 11 is 0. The third kappa shape index (κ3) is 3.95. The van der Waals surface area contributed by atoms with Gasteiger partial charge in [-0.2, -0.15) is 0 Å². The molecule has 40 heavy (non-hydrogen) atoms. The van der Waals surface area contributed by atoms with Gasteiger partial charge in [-0.05, 0) is 53.6 Å². The maximum Gasteiger partial charge on any atom is 0.330 e. The molecule has 7 rings (SSSR count). The van der Waals surface area contributed by atoms with Crippen LogP contribution in [0.3, 0.4) is 0 Å². The summed E-state index contributed by atoms with van der Waals surface area (Å²) in [5.41, 5.74) is 6.89. The van der Waals surface area contributed by atoms with Gasteiger partial charge in [-0.15, -0.1) is 0 Å². The Labute approximate surface area is 233 Å². The van der Waals surface area contributed by atoms with Crippen LogP contribution in [0.1, 0.15) is 59.1 Å². The highest BCUT2D eigenvalue weighted by atomic mass is 16.5. The van der Waals surface area contributed by atoms with Crippen LogP contribution in [0.15, 0.2) is 66.7 Å². The molecule has 3 aromatic rings. The summed E-state index contributed by atoms with van der Waals surface area (Å²) in [6.45, 7) is 6.90. The number of hydrogen-bond donors (Lipinski definition) is 1. The summed E-state index contributed by atoms with van der Waals surface area (Å²) < 4.78 is 5.42. The normalized spacial score (nSPS) is 23.0. The van der Waals surface area contributed by atoms with Crippen molar-refractivity contribution in [1.82, 2.24) is 4.90 Å². The van der Waals surface area contributed by atoms with Gasteiger partial charge in [-0.25, -0.2) is 4.79 Å². The minimum absolute atomic E-state index is 0.254. The van der Waals surface area contributed by atoms with Gasteiger partial charge in [0.15, 0.2) is 6.61 Å². The summed E-state index contributed by atoms with van der Waals surface area (Å²) in [4.78, 5) is 55.3. The quantitative estimate of drug-likeness (QED) is 0.364. The zero-order chi connectivity index (χ0) is 28.3. The third-order valence-corrected chi connectivity index (χ3v) is 8.64. The van der Waals surface area contributed by atoms with E-state index < -0.39 is 42.3 Å². The molecule has 1 aliphatic heterocycles. The van der Waals surface area contributed by atoms with Crippen molar-refractivity contribution in [1.29, 1.82) is 0 Å². The van der Waals surface area contributed by atoms with Crippen LogP contribution < -0.4 is 5.32 Å². The van der Waals surface area contributed by atoms with Crippen LogP contribution in [0, 0.1) is 31.6 Å². The van der Waals surface area contributed by atoms with E-state index in [1.807, 2.05) is 74.5 Å². The van der Waals surface area contributed by atoms with Gasteiger partial charge in [0.25, 0.3) is 5.91 Å². The second-order valence-corrected chi connectivity index (χ2v) is 11.5. The minimum atomic E-state index is -1.12. The Morgan fingerprint density at radius 3 is 1.77 bits per heavy atom. The van der Waals surface area contributed by atoms with Crippen molar-refractivity contribution in [2.75, 3.05) is 11.9 Å². The number of imide groups is 1. The lowest BCUT2D eigenvalue weighted by Crippen LogP contribution is -2.49. The first-order chi connectivity index (χ1) is 19.2. The molecule has 0 spiro atoms. The van der Waals surface area contributed by atoms with Gasteiger partial charge in [0.1, 0.15) is 6.04 Å². The van der Waals surface area contributed by atoms with Crippen molar-refractivity contribution in [2.45, 2.75) is 45.6 Å². The number of carbonyl (C=O) groups excluding carboxylic acids is 4. The van der Waals surface area contributed by atoms with Crippen molar-refractivity contribution in [3.05, 3.63) is 100 Å². The van der Waals surface area contributed by atoms with Gasteiger partial charge >= 0.3 is 5.97 Å². The topological polar surface area (TPSA) is 92.8 Å². The van der Waals surface area contributed by atoms with E-state index in [9.17, 15) is 19.2 Å². The first-order valence-electron chi connectivity index (χ1n) is 13.8. The summed E-state index contributed by atoms with van der Waals surface area (Å²) in [6.07, 6.45) is 0. The molecule has 1 N–H and O–H groups in total. The molecule has 0 unspecified atom stereocenters. The van der Waals surface area contributed by atoms with E-state index in [0.29, 0.717) is 5.69 Å². The monoisotopic (exact) mass is 536 g/mol. The Morgan fingerprint density at radius 1 is 0.825 bits per heavy atom. The fourth-order valence-corrected chi connectivity index (χ4v) is 7.01. The van der Waals surface area contributed by atoms with Crippen LogP contribution in [0.2, 0.25) is 0 Å². The molecule has 7 heteroatoms. The maximum atomic E-state index is 14.1. The number of amides is 3. The van der Waals surface area contributed by atoms with Gasteiger partial charge in [0.2, 0.25) is 11.8 Å². The lowest BCUT2D eigenvalue weighted by Gasteiger charge is -2.45. The Kier molecular flexibility index (Phi) is 6.32. The number of aryl methyl sites for hydroxylation is 2. The average molecular weight is 537 g/mol. The molecule has 4 aliphatic rings. The Bertz CT molecular complexity index is 1440. The van der Waals surface area contributed by atoms with Crippen LogP contribution in [0.4, 0.5) is 5.69 Å². The van der Waals surface area contributed by atoms with Crippen LogP contribution >= 0.6 is 0 Å². The van der Waals surface area contributed by atoms with E-state index in [-0.39, 0.29) is 23.7 Å². The largest absolute Gasteiger partial charge is 0.454 e. The third-order valence-electron chi connectivity index (χ3n) is 8.64. The molecule has 0 aromatic heterocycles. The number of rotatable bonds is 6. The summed E-state index contributed by atoms with van der Waals surface area (Å²) in [5, 5.41) is 2.77. The smallest absolute Gasteiger partial charge is 0.330 e. The number of nitrogens with one attached hydrogen (secondary N) is 1. The van der Waals surface area contributed by atoms with Gasteiger partial charge < -0.3 is 10.1 Å². The summed E-state index contributed by atoms with van der Waals surface area (Å²) in [5.74, 6) is -3.99. The van der Waals surface area contributed by atoms with Crippen molar-refractivity contribution in [2.24, 2.45) is 17.8 Å². The first kappa shape index (κ1) is 26.0. The van der Waals surface area contributed by atoms with Gasteiger partial charge in [0.05, 0.1) is 11.8 Å². The molecule has 0 radical (unpaired) electrons. The van der Waals surface area contributed by atoms with Gasteiger partial charge in [0, 0.05) is 17.5 Å². The van der Waals surface area contributed by atoms with E-state index in [1.54, 1.807) is 19.9 Å². The van der Waals surface area contributed by atoms with Crippen molar-refractivity contribution < 1.29 is 23.9 Å². The number of anilines is 1. The van der Waals surface area contributed by atoms with Crippen molar-refractivity contribution >= 4 is 29.4 Å². The molecule has 3 aromatic carbocycles. The fourth-order valence-electron chi connectivity index (χ4n) is 7.01. The Balaban J connectivity index is 1.26. The van der Waals surface area contributed by atoms with Gasteiger partial charge in [-0.3, -0.25) is 19.3 Å².